The Bertz CT molecular complexity index is 1710. The molecule has 0 bridgehead atoms. The number of aryl methyl sites for hydroxylation is 3. The van der Waals surface area contributed by atoms with E-state index in [4.69, 9.17) is 16.3 Å². The summed E-state index contributed by atoms with van der Waals surface area (Å²) in [6.07, 6.45) is 4.47. The molecule has 0 amide bonds. The number of anilines is 1. The highest BCUT2D eigenvalue weighted by Gasteiger charge is 2.23. The molecule has 1 aliphatic heterocycles. The number of benzene rings is 1. The molecule has 1 atom stereocenters. The summed E-state index contributed by atoms with van der Waals surface area (Å²) in [6, 6.07) is 11.4. The molecule has 6 rings (SSSR count). The molecule has 1 N–H and O–H groups in total. The summed E-state index contributed by atoms with van der Waals surface area (Å²) >= 11 is 6.28. The molecule has 0 saturated carbocycles. The Kier molecular flexibility index (Phi) is 5.41. The summed E-state index contributed by atoms with van der Waals surface area (Å²) < 4.78 is 9.12. The van der Waals surface area contributed by atoms with Crippen LogP contribution in [0.3, 0.4) is 0 Å². The molecule has 1 unspecified atom stereocenters. The lowest BCUT2D eigenvalue weighted by Crippen LogP contribution is -2.27. The second kappa shape index (κ2) is 8.64. The lowest BCUT2D eigenvalue weighted by Gasteiger charge is -2.22. The van der Waals surface area contributed by atoms with E-state index in [-0.39, 0.29) is 11.6 Å². The predicted octanol–water partition coefficient (Wildman–Crippen LogP) is 5.36. The van der Waals surface area contributed by atoms with E-state index in [1.54, 1.807) is 19.4 Å². The SMILES string of the molecule is COc1cc(-c2nc(Cl)ccc2NC(C)c2cc(C)cc3c(=O)n4c5c(cnn5CCC4)c23)ccn1. The number of ether oxygens (including phenoxy) is 1. The van der Waals surface area contributed by atoms with E-state index in [0.717, 1.165) is 57.1 Å². The third kappa shape index (κ3) is 3.60. The Labute approximate surface area is 212 Å². The van der Waals surface area contributed by atoms with Gasteiger partial charge in [-0.1, -0.05) is 17.7 Å². The molecule has 36 heavy (non-hydrogen) atoms. The minimum atomic E-state index is -0.136. The van der Waals surface area contributed by atoms with Gasteiger partial charge >= 0.3 is 0 Å². The Morgan fingerprint density at radius 3 is 2.83 bits per heavy atom. The Morgan fingerprint density at radius 1 is 1.14 bits per heavy atom. The number of nitrogens with zero attached hydrogens (tertiary/aromatic N) is 5. The number of hydrogen-bond acceptors (Lipinski definition) is 6. The highest BCUT2D eigenvalue weighted by Crippen LogP contribution is 2.36. The van der Waals surface area contributed by atoms with Crippen molar-refractivity contribution in [2.75, 3.05) is 12.4 Å². The van der Waals surface area contributed by atoms with Crippen LogP contribution in [0.5, 0.6) is 5.88 Å². The normalized spacial score (nSPS) is 13.8. The molecule has 4 aromatic heterocycles. The number of aromatic nitrogens is 5. The van der Waals surface area contributed by atoms with Gasteiger partial charge in [0.15, 0.2) is 0 Å². The average molecular weight is 501 g/mol. The first-order valence-electron chi connectivity index (χ1n) is 11.9. The fourth-order valence-corrected chi connectivity index (χ4v) is 5.36. The summed E-state index contributed by atoms with van der Waals surface area (Å²) in [6.45, 7) is 5.65. The van der Waals surface area contributed by atoms with Gasteiger partial charge in [-0.3, -0.25) is 9.36 Å². The minimum absolute atomic E-state index is 0.0360. The van der Waals surface area contributed by atoms with E-state index in [0.29, 0.717) is 23.3 Å². The Balaban J connectivity index is 1.51. The van der Waals surface area contributed by atoms with Crippen molar-refractivity contribution in [2.45, 2.75) is 39.4 Å². The zero-order valence-corrected chi connectivity index (χ0v) is 21.0. The van der Waals surface area contributed by atoms with Gasteiger partial charge in [0.05, 0.1) is 24.7 Å². The van der Waals surface area contributed by atoms with Crippen LogP contribution in [-0.2, 0) is 13.1 Å². The summed E-state index contributed by atoms with van der Waals surface area (Å²) in [4.78, 5) is 22.3. The number of fused-ring (bicyclic) bond motifs is 2. The smallest absolute Gasteiger partial charge is 0.260 e. The van der Waals surface area contributed by atoms with E-state index in [2.05, 4.69) is 33.4 Å². The van der Waals surface area contributed by atoms with Crippen molar-refractivity contribution >= 4 is 39.1 Å². The number of methoxy groups -OCH3 is 1. The van der Waals surface area contributed by atoms with E-state index in [1.165, 1.54) is 0 Å². The van der Waals surface area contributed by atoms with Crippen molar-refractivity contribution in [1.82, 2.24) is 24.3 Å². The maximum atomic E-state index is 13.5. The van der Waals surface area contributed by atoms with Gasteiger partial charge in [-0.2, -0.15) is 5.10 Å². The molecule has 5 aromatic rings. The number of pyridine rings is 3. The van der Waals surface area contributed by atoms with Gasteiger partial charge in [-0.05, 0) is 55.7 Å². The molecule has 0 saturated heterocycles. The molecule has 8 nitrogen and oxygen atoms in total. The number of halogens is 1. The second-order valence-electron chi connectivity index (χ2n) is 9.18. The zero-order chi connectivity index (χ0) is 25.0. The maximum Gasteiger partial charge on any atom is 0.260 e. The fraction of sp³-hybridized carbons (Fsp3) is 0.259. The Morgan fingerprint density at radius 2 is 2.00 bits per heavy atom. The average Bonchev–Trinajstić information content (AvgIpc) is 3.32. The predicted molar refractivity (Wildman–Crippen MR) is 142 cm³/mol. The molecule has 5 heterocycles. The molecule has 1 aliphatic rings. The molecule has 9 heteroatoms. The minimum Gasteiger partial charge on any atom is -0.481 e. The van der Waals surface area contributed by atoms with Crippen molar-refractivity contribution in [2.24, 2.45) is 0 Å². The largest absolute Gasteiger partial charge is 0.481 e. The molecule has 182 valence electrons. The fourth-order valence-electron chi connectivity index (χ4n) is 5.21. The van der Waals surface area contributed by atoms with Crippen LogP contribution >= 0.6 is 11.6 Å². The molecule has 1 aromatic carbocycles. The quantitative estimate of drug-likeness (QED) is 0.327. The van der Waals surface area contributed by atoms with Gasteiger partial charge in [0.25, 0.3) is 5.56 Å². The van der Waals surface area contributed by atoms with Crippen molar-refractivity contribution in [3.63, 3.8) is 0 Å². The van der Waals surface area contributed by atoms with Gasteiger partial charge in [0, 0.05) is 53.1 Å². The maximum absolute atomic E-state index is 13.5. The highest BCUT2D eigenvalue weighted by atomic mass is 35.5. The molecule has 0 spiro atoms. The van der Waals surface area contributed by atoms with Gasteiger partial charge in [-0.25, -0.2) is 14.6 Å². The van der Waals surface area contributed by atoms with Crippen molar-refractivity contribution in [3.05, 3.63) is 75.4 Å². The van der Waals surface area contributed by atoms with E-state index < -0.39 is 0 Å². The van der Waals surface area contributed by atoms with Crippen LogP contribution in [0.2, 0.25) is 5.15 Å². The van der Waals surface area contributed by atoms with E-state index in [1.807, 2.05) is 46.6 Å². The molecule has 0 radical (unpaired) electrons. The van der Waals surface area contributed by atoms with Gasteiger partial charge in [0.1, 0.15) is 10.8 Å². The van der Waals surface area contributed by atoms with Crippen LogP contribution in [0.25, 0.3) is 33.1 Å². The third-order valence-electron chi connectivity index (χ3n) is 6.79. The topological polar surface area (TPSA) is 86.9 Å². The lowest BCUT2D eigenvalue weighted by atomic mass is 9.95. The van der Waals surface area contributed by atoms with Crippen LogP contribution in [0.4, 0.5) is 5.69 Å². The third-order valence-corrected chi connectivity index (χ3v) is 7.00. The first kappa shape index (κ1) is 22.5. The van der Waals surface area contributed by atoms with E-state index >= 15 is 0 Å². The standard InChI is InChI=1S/C27H25ClN6O2/c1-15-11-18(24-19(12-15)27(35)33-9-4-10-34-26(33)20(24)14-30-34)16(2)31-21-5-6-22(28)32-25(21)17-7-8-29-23(13-17)36-3/h5-8,11-14,16,31H,4,9-10H2,1-3H3. The van der Waals surface area contributed by atoms with Crippen molar-refractivity contribution in [3.8, 4) is 17.1 Å². The highest BCUT2D eigenvalue weighted by molar-refractivity contribution is 6.29. The monoisotopic (exact) mass is 500 g/mol. The molecular formula is C27H25ClN6O2. The van der Waals surface area contributed by atoms with Crippen LogP contribution in [0, 0.1) is 6.92 Å². The van der Waals surface area contributed by atoms with Crippen LogP contribution in [-0.4, -0.2) is 31.4 Å². The van der Waals surface area contributed by atoms with Crippen molar-refractivity contribution < 1.29 is 4.74 Å². The van der Waals surface area contributed by atoms with Gasteiger partial charge in [-0.15, -0.1) is 0 Å². The van der Waals surface area contributed by atoms with Crippen LogP contribution < -0.4 is 15.6 Å². The van der Waals surface area contributed by atoms with E-state index in [9.17, 15) is 4.79 Å². The summed E-state index contributed by atoms with van der Waals surface area (Å²) in [7, 11) is 1.58. The number of nitrogens with one attached hydrogen (secondary N) is 1. The van der Waals surface area contributed by atoms with Crippen LogP contribution in [0.15, 0.2) is 53.6 Å². The zero-order valence-electron chi connectivity index (χ0n) is 20.2. The summed E-state index contributed by atoms with van der Waals surface area (Å²) in [5.74, 6) is 0.495. The first-order valence-corrected chi connectivity index (χ1v) is 12.3. The lowest BCUT2D eigenvalue weighted by molar-refractivity contribution is 0.398. The summed E-state index contributed by atoms with van der Waals surface area (Å²) in [5.41, 5.74) is 5.35. The number of rotatable bonds is 5. The number of hydrogen-bond donors (Lipinski definition) is 1. The van der Waals surface area contributed by atoms with Gasteiger partial charge in [0.2, 0.25) is 5.88 Å². The first-order chi connectivity index (χ1) is 17.4. The van der Waals surface area contributed by atoms with Crippen molar-refractivity contribution in [1.29, 1.82) is 0 Å². The second-order valence-corrected chi connectivity index (χ2v) is 9.56. The van der Waals surface area contributed by atoms with Gasteiger partial charge < -0.3 is 10.1 Å². The molecule has 0 aliphatic carbocycles. The molecule has 0 fully saturated rings. The molecular weight excluding hydrogens is 476 g/mol. The van der Waals surface area contributed by atoms with Crippen LogP contribution in [0.1, 0.15) is 30.5 Å². The summed E-state index contributed by atoms with van der Waals surface area (Å²) in [5, 5.41) is 11.3. The Hall–Kier alpha value is -3.91.